The Kier molecular flexibility index (Phi) is 4.83. The molecule has 1 atom stereocenters. The van der Waals surface area contributed by atoms with Gasteiger partial charge in [0.2, 0.25) is 5.91 Å². The van der Waals surface area contributed by atoms with Crippen LogP contribution >= 0.6 is 23.4 Å². The maximum atomic E-state index is 12.2. The Hall–Kier alpha value is -2.05. The predicted molar refractivity (Wildman–Crippen MR) is 91.6 cm³/mol. The van der Waals surface area contributed by atoms with Gasteiger partial charge in [0.25, 0.3) is 0 Å². The number of thioether (sulfide) groups is 1. The number of amides is 1. The lowest BCUT2D eigenvalue weighted by Gasteiger charge is -2.11. The highest BCUT2D eigenvalue weighted by Gasteiger charge is 2.15. The van der Waals surface area contributed by atoms with E-state index in [0.29, 0.717) is 17.4 Å². The van der Waals surface area contributed by atoms with Gasteiger partial charge in [0.15, 0.2) is 11.5 Å². The molecule has 0 fully saturated rings. The lowest BCUT2D eigenvalue weighted by Crippen LogP contribution is -2.31. The molecule has 5 nitrogen and oxygen atoms in total. The zero-order valence-corrected chi connectivity index (χ0v) is 14.0. The van der Waals surface area contributed by atoms with Crippen molar-refractivity contribution in [3.05, 3.63) is 59.5 Å². The highest BCUT2D eigenvalue weighted by molar-refractivity contribution is 8.00. The molecule has 1 aromatic carbocycles. The molecular weight excluding hydrogens is 332 g/mol. The molecule has 0 bridgehead atoms. The van der Waals surface area contributed by atoms with Gasteiger partial charge in [-0.25, -0.2) is 0 Å². The molecule has 1 amide bonds. The summed E-state index contributed by atoms with van der Waals surface area (Å²) < 4.78 is 1.86. The smallest absolute Gasteiger partial charge is 0.233 e. The molecule has 0 unspecified atom stereocenters. The van der Waals surface area contributed by atoms with Crippen LogP contribution < -0.4 is 5.32 Å². The van der Waals surface area contributed by atoms with Crippen molar-refractivity contribution in [3.8, 4) is 0 Å². The van der Waals surface area contributed by atoms with Gasteiger partial charge in [-0.05, 0) is 43.3 Å². The molecule has 3 aromatic rings. The number of carbonyl (C=O) groups is 1. The second-order valence-corrected chi connectivity index (χ2v) is 6.83. The first-order valence-corrected chi connectivity index (χ1v) is 8.38. The molecule has 2 aromatic heterocycles. The van der Waals surface area contributed by atoms with Gasteiger partial charge in [-0.2, -0.15) is 0 Å². The van der Waals surface area contributed by atoms with Gasteiger partial charge in [-0.3, -0.25) is 9.20 Å². The molecule has 0 aliphatic rings. The van der Waals surface area contributed by atoms with Crippen molar-refractivity contribution < 1.29 is 4.79 Å². The Bertz CT molecular complexity index is 818. The van der Waals surface area contributed by atoms with E-state index in [9.17, 15) is 4.79 Å². The van der Waals surface area contributed by atoms with Gasteiger partial charge in [-0.15, -0.1) is 22.0 Å². The number of benzene rings is 1. The number of pyridine rings is 1. The minimum atomic E-state index is -0.213. The van der Waals surface area contributed by atoms with E-state index < -0.39 is 0 Å². The number of halogens is 1. The van der Waals surface area contributed by atoms with Crippen LogP contribution in [-0.2, 0) is 11.3 Å². The molecule has 0 radical (unpaired) electrons. The number of nitrogens with zero attached hydrogens (tertiary/aromatic N) is 3. The molecule has 0 spiro atoms. The van der Waals surface area contributed by atoms with E-state index in [1.54, 1.807) is 0 Å². The summed E-state index contributed by atoms with van der Waals surface area (Å²) in [6.45, 7) is 2.21. The van der Waals surface area contributed by atoms with Crippen LogP contribution in [-0.4, -0.2) is 25.8 Å². The molecule has 23 heavy (non-hydrogen) atoms. The normalized spacial score (nSPS) is 12.3. The van der Waals surface area contributed by atoms with Crippen molar-refractivity contribution in [2.75, 3.05) is 0 Å². The molecule has 2 heterocycles. The zero-order valence-electron chi connectivity index (χ0n) is 12.4. The van der Waals surface area contributed by atoms with Crippen LogP contribution in [0.3, 0.4) is 0 Å². The molecule has 0 saturated heterocycles. The van der Waals surface area contributed by atoms with Crippen LogP contribution in [0.1, 0.15) is 12.7 Å². The summed E-state index contributed by atoms with van der Waals surface area (Å²) in [6, 6.07) is 13.1. The Balaban J connectivity index is 1.59. The lowest BCUT2D eigenvalue weighted by molar-refractivity contribution is -0.120. The number of carbonyl (C=O) groups excluding carboxylic acids is 1. The van der Waals surface area contributed by atoms with Gasteiger partial charge in [-0.1, -0.05) is 17.7 Å². The summed E-state index contributed by atoms with van der Waals surface area (Å²) in [5.41, 5.74) is 0.764. The molecule has 7 heteroatoms. The summed E-state index contributed by atoms with van der Waals surface area (Å²) >= 11 is 7.35. The number of aromatic nitrogens is 3. The fraction of sp³-hybridized carbons (Fsp3) is 0.188. The third kappa shape index (κ3) is 3.83. The fourth-order valence-electron chi connectivity index (χ4n) is 2.09. The largest absolute Gasteiger partial charge is 0.348 e. The van der Waals surface area contributed by atoms with Crippen molar-refractivity contribution in [3.63, 3.8) is 0 Å². The van der Waals surface area contributed by atoms with E-state index in [2.05, 4.69) is 15.5 Å². The second kappa shape index (κ2) is 7.02. The molecule has 0 saturated carbocycles. The zero-order chi connectivity index (χ0) is 16.2. The van der Waals surface area contributed by atoms with Crippen molar-refractivity contribution >= 4 is 34.9 Å². The van der Waals surface area contributed by atoms with Crippen LogP contribution in [0.2, 0.25) is 5.02 Å². The molecule has 1 N–H and O–H groups in total. The Morgan fingerprint density at radius 3 is 2.83 bits per heavy atom. The topological polar surface area (TPSA) is 59.3 Å². The highest BCUT2D eigenvalue weighted by Crippen LogP contribution is 2.24. The van der Waals surface area contributed by atoms with Crippen LogP contribution in [0.25, 0.3) is 5.65 Å². The van der Waals surface area contributed by atoms with Gasteiger partial charge < -0.3 is 5.32 Å². The first kappa shape index (κ1) is 15.8. The van der Waals surface area contributed by atoms with E-state index in [0.717, 1.165) is 10.5 Å². The maximum absolute atomic E-state index is 12.2. The summed E-state index contributed by atoms with van der Waals surface area (Å²) in [5.74, 6) is 0.662. The van der Waals surface area contributed by atoms with Crippen molar-refractivity contribution in [1.29, 1.82) is 0 Å². The van der Waals surface area contributed by atoms with E-state index in [1.807, 2.05) is 60.0 Å². The van der Waals surface area contributed by atoms with Crippen LogP contribution in [0.4, 0.5) is 0 Å². The van der Waals surface area contributed by atoms with Crippen LogP contribution in [0, 0.1) is 0 Å². The van der Waals surface area contributed by atoms with Crippen molar-refractivity contribution in [2.24, 2.45) is 0 Å². The van der Waals surface area contributed by atoms with E-state index in [-0.39, 0.29) is 11.2 Å². The van der Waals surface area contributed by atoms with E-state index >= 15 is 0 Å². The Morgan fingerprint density at radius 2 is 2.04 bits per heavy atom. The second-order valence-electron chi connectivity index (χ2n) is 4.98. The number of hydrogen-bond donors (Lipinski definition) is 1. The SMILES string of the molecule is C[C@H](Sc1ccc(Cl)cc1)C(=O)NCc1nnc2ccccn12. The number of hydrogen-bond acceptors (Lipinski definition) is 4. The summed E-state index contributed by atoms with van der Waals surface area (Å²) in [6.07, 6.45) is 1.88. The third-order valence-electron chi connectivity index (χ3n) is 3.30. The molecule has 0 aliphatic heterocycles. The maximum Gasteiger partial charge on any atom is 0.233 e. The van der Waals surface area contributed by atoms with E-state index in [4.69, 9.17) is 11.6 Å². The number of fused-ring (bicyclic) bond motifs is 1. The summed E-state index contributed by atoms with van der Waals surface area (Å²) in [7, 11) is 0. The first-order chi connectivity index (χ1) is 11.1. The highest BCUT2D eigenvalue weighted by atomic mass is 35.5. The van der Waals surface area contributed by atoms with Gasteiger partial charge in [0.05, 0.1) is 11.8 Å². The summed E-state index contributed by atoms with van der Waals surface area (Å²) in [5, 5.41) is 11.5. The minimum Gasteiger partial charge on any atom is -0.348 e. The molecule has 118 valence electrons. The third-order valence-corrected chi connectivity index (χ3v) is 4.66. The van der Waals surface area contributed by atoms with Crippen LogP contribution in [0.5, 0.6) is 0 Å². The Morgan fingerprint density at radius 1 is 1.26 bits per heavy atom. The monoisotopic (exact) mass is 346 g/mol. The van der Waals surface area contributed by atoms with Crippen LogP contribution in [0.15, 0.2) is 53.6 Å². The van der Waals surface area contributed by atoms with Crippen molar-refractivity contribution in [1.82, 2.24) is 19.9 Å². The summed E-state index contributed by atoms with van der Waals surface area (Å²) in [4.78, 5) is 13.2. The average Bonchev–Trinajstić information content (AvgIpc) is 2.98. The predicted octanol–water partition coefficient (Wildman–Crippen LogP) is 3.18. The van der Waals surface area contributed by atoms with E-state index in [1.165, 1.54) is 11.8 Å². The van der Waals surface area contributed by atoms with Gasteiger partial charge in [0.1, 0.15) is 0 Å². The molecular formula is C16H15ClN4OS. The average molecular weight is 347 g/mol. The van der Waals surface area contributed by atoms with Gasteiger partial charge in [0, 0.05) is 16.1 Å². The lowest BCUT2D eigenvalue weighted by atomic mass is 10.4. The first-order valence-electron chi connectivity index (χ1n) is 7.12. The number of nitrogens with one attached hydrogen (secondary N) is 1. The minimum absolute atomic E-state index is 0.0439. The number of rotatable bonds is 5. The fourth-order valence-corrected chi connectivity index (χ4v) is 3.11. The van der Waals surface area contributed by atoms with Crippen molar-refractivity contribution in [2.45, 2.75) is 23.6 Å². The Labute approximate surface area is 143 Å². The standard InChI is InChI=1S/C16H15ClN4OS/c1-11(23-13-7-5-12(17)6-8-13)16(22)18-10-15-20-19-14-4-2-3-9-21(14)15/h2-9,11H,10H2,1H3,(H,18,22)/t11-/m0/s1. The molecule has 0 aliphatic carbocycles. The van der Waals surface area contributed by atoms with Gasteiger partial charge >= 0.3 is 0 Å². The molecule has 3 rings (SSSR count). The quantitative estimate of drug-likeness (QED) is 0.721.